The van der Waals surface area contributed by atoms with Crippen LogP contribution in [0.1, 0.15) is 0 Å². The first kappa shape index (κ1) is 15.7. The van der Waals surface area contributed by atoms with Crippen LogP contribution < -0.4 is 0 Å². The molecule has 30 heavy (non-hydrogen) atoms. The van der Waals surface area contributed by atoms with Crippen LogP contribution in [0.25, 0.3) is 60.6 Å². The highest BCUT2D eigenvalue weighted by Crippen LogP contribution is 2.40. The molecule has 0 bridgehead atoms. The normalized spacial score (nSPS) is 12.0. The molecule has 0 unspecified atom stereocenters. The van der Waals surface area contributed by atoms with Gasteiger partial charge in [-0.05, 0) is 35.7 Å². The summed E-state index contributed by atoms with van der Waals surface area (Å²) in [5.41, 5.74) is 4.78. The van der Waals surface area contributed by atoms with Crippen LogP contribution in [0.5, 0.6) is 0 Å². The number of benzene rings is 4. The number of hydrogen-bond donors (Lipinski definition) is 0. The summed E-state index contributed by atoms with van der Waals surface area (Å²) in [6.07, 6.45) is 1.89. The van der Waals surface area contributed by atoms with Crippen LogP contribution in [0.4, 0.5) is 0 Å². The zero-order valence-corrected chi connectivity index (χ0v) is 15.9. The van der Waals surface area contributed by atoms with Crippen molar-refractivity contribution in [2.45, 2.75) is 0 Å². The molecular weight excluding hydrogens is 370 g/mol. The lowest BCUT2D eigenvalue weighted by Crippen LogP contribution is -2.00. The van der Waals surface area contributed by atoms with Crippen molar-refractivity contribution in [2.24, 2.45) is 0 Å². The Morgan fingerprint density at radius 2 is 1.37 bits per heavy atom. The van der Waals surface area contributed by atoms with Gasteiger partial charge in [-0.2, -0.15) is 0 Å². The van der Waals surface area contributed by atoms with Crippen LogP contribution in [-0.4, -0.2) is 14.5 Å². The summed E-state index contributed by atoms with van der Waals surface area (Å²) >= 11 is 0. The van der Waals surface area contributed by atoms with E-state index in [9.17, 15) is 0 Å². The fourth-order valence-corrected chi connectivity index (χ4v) is 4.57. The van der Waals surface area contributed by atoms with Crippen molar-refractivity contribution in [3.8, 4) is 5.95 Å². The summed E-state index contributed by atoms with van der Waals surface area (Å²) in [5.74, 6) is 0.664. The van der Waals surface area contributed by atoms with E-state index in [-0.39, 0.29) is 0 Å². The summed E-state index contributed by atoms with van der Waals surface area (Å²) in [5, 5.41) is 5.55. The topological polar surface area (TPSA) is 43.9 Å². The number of nitrogens with zero attached hydrogens (tertiary/aromatic N) is 3. The summed E-state index contributed by atoms with van der Waals surface area (Å²) < 4.78 is 8.53. The third-order valence-electron chi connectivity index (χ3n) is 5.85. The van der Waals surface area contributed by atoms with Crippen LogP contribution in [0.3, 0.4) is 0 Å². The second kappa shape index (κ2) is 5.67. The molecule has 4 aromatic carbocycles. The van der Waals surface area contributed by atoms with Crippen LogP contribution in [0.15, 0.2) is 95.5 Å². The Labute approximate surface area is 171 Å². The van der Waals surface area contributed by atoms with Gasteiger partial charge in [-0.1, -0.05) is 54.6 Å². The van der Waals surface area contributed by atoms with E-state index < -0.39 is 0 Å². The smallest absolute Gasteiger partial charge is 0.235 e. The number of rotatable bonds is 1. The van der Waals surface area contributed by atoms with Crippen molar-refractivity contribution in [3.05, 3.63) is 91.1 Å². The zero-order chi connectivity index (χ0) is 19.7. The first-order chi connectivity index (χ1) is 14.9. The average molecular weight is 385 g/mol. The molecule has 0 N–H and O–H groups in total. The molecule has 7 rings (SSSR count). The van der Waals surface area contributed by atoms with Crippen LogP contribution >= 0.6 is 0 Å². The third-order valence-corrected chi connectivity index (χ3v) is 5.85. The molecule has 3 aromatic heterocycles. The van der Waals surface area contributed by atoms with Crippen molar-refractivity contribution >= 4 is 54.6 Å². The van der Waals surface area contributed by atoms with Gasteiger partial charge in [0, 0.05) is 22.4 Å². The van der Waals surface area contributed by atoms with Gasteiger partial charge in [-0.3, -0.25) is 4.57 Å². The Morgan fingerprint density at radius 3 is 2.33 bits per heavy atom. The molecule has 7 aromatic rings. The Bertz CT molecular complexity index is 1760. The fraction of sp³-hybridized carbons (Fsp3) is 0. The number of para-hydroxylation sites is 2. The minimum atomic E-state index is 0.664. The molecule has 0 aliphatic rings. The van der Waals surface area contributed by atoms with E-state index in [1.165, 1.54) is 5.39 Å². The molecule has 0 fully saturated rings. The van der Waals surface area contributed by atoms with Crippen molar-refractivity contribution in [1.29, 1.82) is 0 Å². The molecule has 4 nitrogen and oxygen atoms in total. The Kier molecular flexibility index (Phi) is 2.97. The first-order valence-corrected chi connectivity index (χ1v) is 9.94. The highest BCUT2D eigenvalue weighted by Gasteiger charge is 2.19. The van der Waals surface area contributed by atoms with Gasteiger partial charge in [0.05, 0.1) is 21.9 Å². The quantitative estimate of drug-likeness (QED) is 0.319. The minimum absolute atomic E-state index is 0.664. The second-order valence-electron chi connectivity index (χ2n) is 7.51. The summed E-state index contributed by atoms with van der Waals surface area (Å²) in [7, 11) is 0. The van der Waals surface area contributed by atoms with E-state index in [1.54, 1.807) is 0 Å². The number of fused-ring (bicyclic) bond motifs is 3. The predicted octanol–water partition coefficient (Wildman–Crippen LogP) is 6.63. The Hall–Kier alpha value is -4.18. The van der Waals surface area contributed by atoms with E-state index in [4.69, 9.17) is 14.4 Å². The van der Waals surface area contributed by atoms with E-state index in [0.29, 0.717) is 5.95 Å². The van der Waals surface area contributed by atoms with Gasteiger partial charge in [0.15, 0.2) is 0 Å². The molecule has 4 heteroatoms. The Morgan fingerprint density at radius 1 is 0.633 bits per heavy atom. The lowest BCUT2D eigenvalue weighted by Gasteiger charge is -2.07. The maximum Gasteiger partial charge on any atom is 0.235 e. The van der Waals surface area contributed by atoms with Crippen LogP contribution in [-0.2, 0) is 0 Å². The minimum Gasteiger partial charge on any atom is -0.456 e. The summed E-state index contributed by atoms with van der Waals surface area (Å²) in [6, 6.07) is 28.8. The van der Waals surface area contributed by atoms with Crippen molar-refractivity contribution < 1.29 is 4.42 Å². The van der Waals surface area contributed by atoms with Gasteiger partial charge < -0.3 is 4.42 Å². The fourth-order valence-electron chi connectivity index (χ4n) is 4.57. The molecule has 0 aliphatic carbocycles. The number of aromatic nitrogens is 3. The maximum atomic E-state index is 6.39. The third kappa shape index (κ3) is 2.00. The van der Waals surface area contributed by atoms with Gasteiger partial charge in [-0.15, -0.1) is 0 Å². The van der Waals surface area contributed by atoms with Crippen molar-refractivity contribution in [1.82, 2.24) is 14.5 Å². The van der Waals surface area contributed by atoms with E-state index >= 15 is 0 Å². The van der Waals surface area contributed by atoms with Crippen LogP contribution in [0, 0.1) is 0 Å². The van der Waals surface area contributed by atoms with Gasteiger partial charge in [0.25, 0.3) is 0 Å². The summed E-state index contributed by atoms with van der Waals surface area (Å²) in [6.45, 7) is 0. The van der Waals surface area contributed by atoms with Crippen molar-refractivity contribution in [3.63, 3.8) is 0 Å². The largest absolute Gasteiger partial charge is 0.456 e. The van der Waals surface area contributed by atoms with Gasteiger partial charge in [0.2, 0.25) is 5.95 Å². The molecular formula is C26H15N3O. The molecule has 0 saturated carbocycles. The molecule has 0 atom stereocenters. The molecule has 0 saturated heterocycles. The van der Waals surface area contributed by atoms with E-state index in [0.717, 1.165) is 49.3 Å². The average Bonchev–Trinajstić information content (AvgIpc) is 3.06. The predicted molar refractivity (Wildman–Crippen MR) is 121 cm³/mol. The zero-order valence-electron chi connectivity index (χ0n) is 15.9. The van der Waals surface area contributed by atoms with Crippen LogP contribution in [0.2, 0.25) is 0 Å². The van der Waals surface area contributed by atoms with Gasteiger partial charge >= 0.3 is 0 Å². The monoisotopic (exact) mass is 385 g/mol. The highest BCUT2D eigenvalue weighted by atomic mass is 16.3. The second-order valence-corrected chi connectivity index (χ2v) is 7.51. The molecule has 0 aliphatic heterocycles. The van der Waals surface area contributed by atoms with Gasteiger partial charge in [-0.25, -0.2) is 9.97 Å². The highest BCUT2D eigenvalue weighted by molar-refractivity contribution is 6.26. The Balaban J connectivity index is 1.74. The van der Waals surface area contributed by atoms with Gasteiger partial charge in [0.1, 0.15) is 11.2 Å². The molecule has 0 amide bonds. The standard InChI is InChI=1S/C26H15N3O/c1-3-10-19-16(7-1)15-27-26(28-19)29-20-11-5-9-18-17-8-2-4-13-22(17)30-23-14-6-12-21(29)25(23)24(18)20/h1-15H. The molecule has 0 spiro atoms. The maximum absolute atomic E-state index is 6.39. The lowest BCUT2D eigenvalue weighted by molar-refractivity contribution is 0.664. The first-order valence-electron chi connectivity index (χ1n) is 9.94. The van der Waals surface area contributed by atoms with E-state index in [2.05, 4.69) is 41.0 Å². The lowest BCUT2D eigenvalue weighted by atomic mass is 10.1. The molecule has 0 radical (unpaired) electrons. The molecule has 3 heterocycles. The SMILES string of the molecule is c1ccc2nc(-n3c4cccc5oc6ccccc6c6cccc3c6c54)ncc2c1. The van der Waals surface area contributed by atoms with E-state index in [1.807, 2.05) is 54.7 Å². The van der Waals surface area contributed by atoms with Crippen molar-refractivity contribution in [2.75, 3.05) is 0 Å². The summed E-state index contributed by atoms with van der Waals surface area (Å²) in [4.78, 5) is 9.58. The number of hydrogen-bond acceptors (Lipinski definition) is 3. The molecule has 140 valence electrons.